The molecule has 0 saturated carbocycles. The molecule has 0 radical (unpaired) electrons. The van der Waals surface area contributed by atoms with E-state index in [2.05, 4.69) is 10.3 Å². The maximum atomic E-state index is 12.5. The summed E-state index contributed by atoms with van der Waals surface area (Å²) in [6.45, 7) is 1.75. The summed E-state index contributed by atoms with van der Waals surface area (Å²) in [6, 6.07) is 3.69. The highest BCUT2D eigenvalue weighted by Gasteiger charge is 2.39. The van der Waals surface area contributed by atoms with Gasteiger partial charge in [-0.1, -0.05) is 6.07 Å². The Hall–Kier alpha value is -2.23. The van der Waals surface area contributed by atoms with Crippen LogP contribution >= 0.6 is 11.3 Å². The molecule has 4 heterocycles. The number of thiophene rings is 1. The topological polar surface area (TPSA) is 85.7 Å². The normalized spacial score (nSPS) is 23.1. The van der Waals surface area contributed by atoms with E-state index in [0.29, 0.717) is 38.4 Å². The van der Waals surface area contributed by atoms with E-state index in [9.17, 15) is 9.59 Å². The number of fused-ring (bicyclic) bond motifs is 1. The minimum Gasteiger partial charge on any atom is -0.371 e. The van der Waals surface area contributed by atoms with E-state index in [1.807, 2.05) is 29.5 Å². The lowest BCUT2D eigenvalue weighted by atomic mass is 10.3. The zero-order valence-electron chi connectivity index (χ0n) is 15.0. The number of nitrogens with one attached hydrogen (secondary N) is 1. The van der Waals surface area contributed by atoms with Crippen LogP contribution in [0.15, 0.2) is 30.0 Å². The van der Waals surface area contributed by atoms with Crippen LogP contribution in [0.1, 0.15) is 15.4 Å². The molecular formula is C18H22N4O4S. The summed E-state index contributed by atoms with van der Waals surface area (Å²) in [6.07, 6.45) is 3.35. The molecule has 0 spiro atoms. The Kier molecular flexibility index (Phi) is 5.24. The van der Waals surface area contributed by atoms with Crippen LogP contribution in [0.25, 0.3) is 0 Å². The summed E-state index contributed by atoms with van der Waals surface area (Å²) in [5, 5.41) is 4.87. The minimum atomic E-state index is -0.243. The van der Waals surface area contributed by atoms with Crippen LogP contribution in [0.3, 0.4) is 0 Å². The summed E-state index contributed by atoms with van der Waals surface area (Å²) >= 11 is 1.59. The molecule has 2 aliphatic rings. The molecule has 0 aromatic carbocycles. The Morgan fingerprint density at radius 3 is 2.63 bits per heavy atom. The van der Waals surface area contributed by atoms with E-state index in [0.717, 1.165) is 4.88 Å². The van der Waals surface area contributed by atoms with Gasteiger partial charge in [-0.2, -0.15) is 0 Å². The lowest BCUT2D eigenvalue weighted by Crippen LogP contribution is -2.41. The molecule has 2 amide bonds. The number of aryl methyl sites for hydroxylation is 1. The SMILES string of the molecule is Cn1cnc(C(=O)NC2CO[C@H]3CN(C(=O)Cc4cccs4)C[C@@H]3OC2)c1. The number of hydrogen-bond donors (Lipinski definition) is 1. The van der Waals surface area contributed by atoms with E-state index in [4.69, 9.17) is 9.47 Å². The molecule has 2 atom stereocenters. The number of likely N-dealkylation sites (tertiary alicyclic amines) is 1. The number of carbonyl (C=O) groups is 2. The fourth-order valence-electron chi connectivity index (χ4n) is 3.34. The lowest BCUT2D eigenvalue weighted by Gasteiger charge is -2.19. The van der Waals surface area contributed by atoms with Crippen LogP contribution in [0.4, 0.5) is 0 Å². The number of ether oxygens (including phenoxy) is 2. The third-order valence-corrected chi connectivity index (χ3v) is 5.65. The van der Waals surface area contributed by atoms with Crippen molar-refractivity contribution in [2.24, 2.45) is 7.05 Å². The molecule has 2 fully saturated rings. The molecule has 9 heteroatoms. The second-order valence-electron chi connectivity index (χ2n) is 6.89. The third-order valence-electron chi connectivity index (χ3n) is 4.77. The molecule has 144 valence electrons. The van der Waals surface area contributed by atoms with E-state index in [1.54, 1.807) is 28.4 Å². The second-order valence-corrected chi connectivity index (χ2v) is 7.93. The van der Waals surface area contributed by atoms with Crippen molar-refractivity contribution in [3.05, 3.63) is 40.6 Å². The van der Waals surface area contributed by atoms with Crippen LogP contribution in [0, 0.1) is 0 Å². The van der Waals surface area contributed by atoms with Crippen molar-refractivity contribution >= 4 is 23.2 Å². The molecule has 2 aromatic heterocycles. The first-order valence-corrected chi connectivity index (χ1v) is 9.78. The van der Waals surface area contributed by atoms with Gasteiger partial charge in [-0.05, 0) is 11.4 Å². The van der Waals surface area contributed by atoms with Gasteiger partial charge in [-0.25, -0.2) is 4.98 Å². The second kappa shape index (κ2) is 7.79. The molecule has 1 N–H and O–H groups in total. The lowest BCUT2D eigenvalue weighted by molar-refractivity contribution is -0.130. The molecule has 4 rings (SSSR count). The number of carbonyl (C=O) groups excluding carboxylic acids is 2. The molecule has 2 aliphatic heterocycles. The highest BCUT2D eigenvalue weighted by Crippen LogP contribution is 2.22. The van der Waals surface area contributed by atoms with Crippen LogP contribution in [0.2, 0.25) is 0 Å². The maximum absolute atomic E-state index is 12.5. The van der Waals surface area contributed by atoms with Gasteiger partial charge in [0.25, 0.3) is 5.91 Å². The van der Waals surface area contributed by atoms with Gasteiger partial charge in [-0.3, -0.25) is 9.59 Å². The third kappa shape index (κ3) is 4.20. The maximum Gasteiger partial charge on any atom is 0.271 e. The number of hydrogen-bond acceptors (Lipinski definition) is 6. The van der Waals surface area contributed by atoms with Gasteiger partial charge >= 0.3 is 0 Å². The highest BCUT2D eigenvalue weighted by atomic mass is 32.1. The molecule has 8 nitrogen and oxygen atoms in total. The van der Waals surface area contributed by atoms with E-state index >= 15 is 0 Å². The van der Waals surface area contributed by atoms with Crippen molar-refractivity contribution in [1.82, 2.24) is 19.8 Å². The van der Waals surface area contributed by atoms with Crippen LogP contribution < -0.4 is 5.32 Å². The zero-order valence-corrected chi connectivity index (χ0v) is 15.9. The summed E-state index contributed by atoms with van der Waals surface area (Å²) < 4.78 is 13.6. The Morgan fingerprint density at radius 2 is 2.04 bits per heavy atom. The van der Waals surface area contributed by atoms with Crippen molar-refractivity contribution in [2.45, 2.75) is 24.7 Å². The van der Waals surface area contributed by atoms with Crippen LogP contribution in [-0.2, 0) is 27.7 Å². The number of rotatable bonds is 4. The van der Waals surface area contributed by atoms with E-state index in [1.165, 1.54) is 0 Å². The standard InChI is InChI=1S/C18H22N4O4S/c1-21-6-14(19-11-21)18(24)20-12-9-25-15-7-22(8-16(15)26-10-12)17(23)5-13-3-2-4-27-13/h2-4,6,11-12,15-16H,5,7-10H2,1H3,(H,20,24)/t15-,16-/m0/s1. The number of amides is 2. The molecule has 0 bridgehead atoms. The summed E-state index contributed by atoms with van der Waals surface area (Å²) in [5.74, 6) is -0.148. The molecule has 0 unspecified atom stereocenters. The van der Waals surface area contributed by atoms with Crippen molar-refractivity contribution < 1.29 is 19.1 Å². The van der Waals surface area contributed by atoms with Gasteiger partial charge in [0.1, 0.15) is 17.9 Å². The van der Waals surface area contributed by atoms with Crippen LogP contribution in [0.5, 0.6) is 0 Å². The van der Waals surface area contributed by atoms with Crippen molar-refractivity contribution in [3.8, 4) is 0 Å². The average molecular weight is 390 g/mol. The monoisotopic (exact) mass is 390 g/mol. The first kappa shape index (κ1) is 18.1. The molecule has 0 aliphatic carbocycles. The Bertz CT molecular complexity index is 790. The van der Waals surface area contributed by atoms with Crippen LogP contribution in [-0.4, -0.2) is 70.8 Å². The Morgan fingerprint density at radius 1 is 1.30 bits per heavy atom. The zero-order chi connectivity index (χ0) is 18.8. The smallest absolute Gasteiger partial charge is 0.271 e. The summed E-state index contributed by atoms with van der Waals surface area (Å²) in [4.78, 5) is 31.6. The quantitative estimate of drug-likeness (QED) is 0.819. The largest absolute Gasteiger partial charge is 0.371 e. The first-order chi connectivity index (χ1) is 13.1. The minimum absolute atomic E-state index is 0.0951. The molecule has 27 heavy (non-hydrogen) atoms. The molecular weight excluding hydrogens is 368 g/mol. The van der Waals surface area contributed by atoms with Gasteiger partial charge in [0, 0.05) is 31.2 Å². The predicted octanol–water partition coefficient (Wildman–Crippen LogP) is 0.449. The number of nitrogens with zero attached hydrogens (tertiary/aromatic N) is 3. The van der Waals surface area contributed by atoms with Gasteiger partial charge in [0.05, 0.1) is 32.0 Å². The molecule has 2 aromatic rings. The van der Waals surface area contributed by atoms with Gasteiger partial charge in [-0.15, -0.1) is 11.3 Å². The molecule has 2 saturated heterocycles. The van der Waals surface area contributed by atoms with Crippen molar-refractivity contribution in [1.29, 1.82) is 0 Å². The van der Waals surface area contributed by atoms with Gasteiger partial charge < -0.3 is 24.3 Å². The van der Waals surface area contributed by atoms with E-state index in [-0.39, 0.29) is 30.1 Å². The number of aromatic nitrogens is 2. The van der Waals surface area contributed by atoms with Crippen molar-refractivity contribution in [2.75, 3.05) is 26.3 Å². The number of imidazole rings is 1. The predicted molar refractivity (Wildman–Crippen MR) is 98.5 cm³/mol. The fraction of sp³-hybridized carbons (Fsp3) is 0.500. The Balaban J connectivity index is 1.28. The first-order valence-electron chi connectivity index (χ1n) is 8.90. The summed E-state index contributed by atoms with van der Waals surface area (Å²) in [5.41, 5.74) is 0.368. The summed E-state index contributed by atoms with van der Waals surface area (Å²) in [7, 11) is 1.81. The van der Waals surface area contributed by atoms with Gasteiger partial charge in [0.15, 0.2) is 0 Å². The van der Waals surface area contributed by atoms with Gasteiger partial charge in [0.2, 0.25) is 5.91 Å². The Labute approximate surface area is 161 Å². The average Bonchev–Trinajstić information content (AvgIpc) is 3.37. The van der Waals surface area contributed by atoms with Crippen molar-refractivity contribution in [3.63, 3.8) is 0 Å². The van der Waals surface area contributed by atoms with E-state index < -0.39 is 0 Å². The fourth-order valence-corrected chi connectivity index (χ4v) is 4.04. The highest BCUT2D eigenvalue weighted by molar-refractivity contribution is 7.10.